The SMILES string of the molecule is CCCc1nc2c(C)ccc(F)c2n1Cc1ccc2c(c1)CCc1ccccc1N2. The van der Waals surface area contributed by atoms with Gasteiger partial charge in [0.15, 0.2) is 0 Å². The third-order valence-electron chi connectivity index (χ3n) is 6.06. The third-order valence-corrected chi connectivity index (χ3v) is 6.06. The quantitative estimate of drug-likeness (QED) is 0.435. The summed E-state index contributed by atoms with van der Waals surface area (Å²) >= 11 is 0. The Morgan fingerprint density at radius 3 is 2.67 bits per heavy atom. The lowest BCUT2D eigenvalue weighted by atomic mass is 10.0. The van der Waals surface area contributed by atoms with Crippen molar-refractivity contribution in [1.82, 2.24) is 9.55 Å². The third kappa shape index (κ3) is 3.26. The molecule has 0 aliphatic carbocycles. The van der Waals surface area contributed by atoms with Crippen LogP contribution in [0.15, 0.2) is 54.6 Å². The van der Waals surface area contributed by atoms with Crippen LogP contribution in [0.1, 0.15) is 41.4 Å². The fourth-order valence-electron chi connectivity index (χ4n) is 4.49. The molecule has 0 radical (unpaired) electrons. The molecule has 4 aromatic rings. The monoisotopic (exact) mass is 399 g/mol. The molecule has 0 atom stereocenters. The Bertz CT molecular complexity index is 1240. The standard InChI is InChI=1S/C26H26FN3/c1-3-6-24-29-25-17(2)9-13-21(27)26(25)30(24)16-18-10-14-23-20(15-18)12-11-19-7-4-5-8-22(19)28-23/h4-5,7-10,13-15,28H,3,6,11-12,16H2,1-2H3. The Labute approximate surface area is 176 Å². The number of para-hydroxylation sites is 1. The van der Waals surface area contributed by atoms with Crippen LogP contribution in [0.5, 0.6) is 0 Å². The van der Waals surface area contributed by atoms with E-state index in [-0.39, 0.29) is 5.82 Å². The van der Waals surface area contributed by atoms with Gasteiger partial charge < -0.3 is 9.88 Å². The highest BCUT2D eigenvalue weighted by molar-refractivity contribution is 5.80. The van der Waals surface area contributed by atoms with Crippen molar-refractivity contribution in [3.05, 3.63) is 88.5 Å². The van der Waals surface area contributed by atoms with Crippen LogP contribution < -0.4 is 5.32 Å². The molecule has 30 heavy (non-hydrogen) atoms. The molecule has 152 valence electrons. The molecule has 1 aromatic heterocycles. The topological polar surface area (TPSA) is 29.9 Å². The van der Waals surface area contributed by atoms with E-state index in [2.05, 4.69) is 59.3 Å². The number of nitrogens with one attached hydrogen (secondary N) is 1. The molecule has 0 unspecified atom stereocenters. The van der Waals surface area contributed by atoms with Crippen molar-refractivity contribution in [3.63, 3.8) is 0 Å². The van der Waals surface area contributed by atoms with Gasteiger partial charge in [0.2, 0.25) is 0 Å². The molecular weight excluding hydrogens is 373 g/mol. The Kier molecular flexibility index (Phi) is 4.78. The zero-order valence-corrected chi connectivity index (χ0v) is 17.5. The second-order valence-electron chi connectivity index (χ2n) is 8.20. The molecule has 0 spiro atoms. The highest BCUT2D eigenvalue weighted by atomic mass is 19.1. The molecule has 4 heteroatoms. The van der Waals surface area contributed by atoms with Crippen LogP contribution in [-0.4, -0.2) is 9.55 Å². The maximum atomic E-state index is 14.8. The lowest BCUT2D eigenvalue weighted by Gasteiger charge is -2.13. The first kappa shape index (κ1) is 18.9. The molecule has 1 aliphatic heterocycles. The van der Waals surface area contributed by atoms with Crippen LogP contribution in [0, 0.1) is 12.7 Å². The van der Waals surface area contributed by atoms with Crippen LogP contribution >= 0.6 is 0 Å². The number of hydrogen-bond acceptors (Lipinski definition) is 2. The Morgan fingerprint density at radius 1 is 1.00 bits per heavy atom. The Morgan fingerprint density at radius 2 is 1.80 bits per heavy atom. The van der Waals surface area contributed by atoms with Crippen molar-refractivity contribution in [1.29, 1.82) is 0 Å². The van der Waals surface area contributed by atoms with Gasteiger partial charge in [0.1, 0.15) is 17.2 Å². The van der Waals surface area contributed by atoms with Gasteiger partial charge in [0.25, 0.3) is 0 Å². The van der Waals surface area contributed by atoms with Crippen molar-refractivity contribution in [2.24, 2.45) is 0 Å². The summed E-state index contributed by atoms with van der Waals surface area (Å²) in [6.45, 7) is 4.77. The zero-order chi connectivity index (χ0) is 20.7. The summed E-state index contributed by atoms with van der Waals surface area (Å²) in [4.78, 5) is 4.80. The number of imidazole rings is 1. The van der Waals surface area contributed by atoms with Gasteiger partial charge in [-0.25, -0.2) is 9.37 Å². The first-order valence-corrected chi connectivity index (χ1v) is 10.7. The normalized spacial score (nSPS) is 12.9. The van der Waals surface area contributed by atoms with Gasteiger partial charge >= 0.3 is 0 Å². The van der Waals surface area contributed by atoms with Crippen molar-refractivity contribution >= 4 is 22.4 Å². The Balaban J connectivity index is 1.54. The van der Waals surface area contributed by atoms with Crippen LogP contribution in [0.4, 0.5) is 15.8 Å². The minimum Gasteiger partial charge on any atom is -0.355 e. The highest BCUT2D eigenvalue weighted by Gasteiger charge is 2.17. The zero-order valence-electron chi connectivity index (χ0n) is 17.5. The predicted octanol–water partition coefficient (Wildman–Crippen LogP) is 6.33. The summed E-state index contributed by atoms with van der Waals surface area (Å²) < 4.78 is 16.9. The smallest absolute Gasteiger partial charge is 0.149 e. The summed E-state index contributed by atoms with van der Waals surface area (Å²) in [5.41, 5.74) is 8.61. The molecule has 0 saturated heterocycles. The lowest BCUT2D eigenvalue weighted by molar-refractivity contribution is 0.623. The molecule has 1 aliphatic rings. The van der Waals surface area contributed by atoms with E-state index in [0.717, 1.165) is 48.3 Å². The maximum Gasteiger partial charge on any atom is 0.149 e. The second-order valence-corrected chi connectivity index (χ2v) is 8.20. The summed E-state index contributed by atoms with van der Waals surface area (Å²) in [7, 11) is 0. The van der Waals surface area contributed by atoms with E-state index < -0.39 is 0 Å². The molecule has 3 aromatic carbocycles. The van der Waals surface area contributed by atoms with Crippen molar-refractivity contribution < 1.29 is 4.39 Å². The van der Waals surface area contributed by atoms with E-state index in [9.17, 15) is 4.39 Å². The van der Waals surface area contributed by atoms with Gasteiger partial charge in [-0.2, -0.15) is 0 Å². The first-order valence-electron chi connectivity index (χ1n) is 10.7. The number of aryl methyl sites for hydroxylation is 4. The average molecular weight is 400 g/mol. The average Bonchev–Trinajstić information content (AvgIpc) is 3.00. The number of aromatic nitrogens is 2. The molecule has 0 fully saturated rings. The van der Waals surface area contributed by atoms with Crippen LogP contribution in [0.2, 0.25) is 0 Å². The van der Waals surface area contributed by atoms with Crippen molar-refractivity contribution in [2.75, 3.05) is 5.32 Å². The number of rotatable bonds is 4. The number of benzene rings is 3. The van der Waals surface area contributed by atoms with Crippen molar-refractivity contribution in [2.45, 2.75) is 46.1 Å². The maximum absolute atomic E-state index is 14.8. The minimum atomic E-state index is -0.197. The predicted molar refractivity (Wildman–Crippen MR) is 121 cm³/mol. The van der Waals surface area contributed by atoms with Crippen molar-refractivity contribution in [3.8, 4) is 0 Å². The number of hydrogen-bond donors (Lipinski definition) is 1. The van der Waals surface area contributed by atoms with Crippen LogP contribution in [0.3, 0.4) is 0 Å². The molecule has 3 nitrogen and oxygen atoms in total. The van der Waals surface area contributed by atoms with Gasteiger partial charge in [-0.1, -0.05) is 43.3 Å². The van der Waals surface area contributed by atoms with Gasteiger partial charge in [-0.15, -0.1) is 0 Å². The number of nitrogens with zero attached hydrogens (tertiary/aromatic N) is 2. The fourth-order valence-corrected chi connectivity index (χ4v) is 4.49. The summed E-state index contributed by atoms with van der Waals surface area (Å²) in [5.74, 6) is 0.763. The van der Waals surface area contributed by atoms with Gasteiger partial charge in [0, 0.05) is 24.3 Å². The molecule has 5 rings (SSSR count). The van der Waals surface area contributed by atoms with Gasteiger partial charge in [-0.05, 0) is 66.6 Å². The van der Waals surface area contributed by atoms with Gasteiger partial charge in [0.05, 0.1) is 5.52 Å². The largest absolute Gasteiger partial charge is 0.355 e. The lowest BCUT2D eigenvalue weighted by Crippen LogP contribution is -2.07. The molecule has 0 bridgehead atoms. The number of halogens is 1. The molecule has 0 amide bonds. The summed E-state index contributed by atoms with van der Waals surface area (Å²) in [5, 5.41) is 3.59. The summed E-state index contributed by atoms with van der Waals surface area (Å²) in [6, 6.07) is 18.4. The van der Waals surface area contributed by atoms with E-state index in [1.807, 2.05) is 13.0 Å². The van der Waals surface area contributed by atoms with E-state index >= 15 is 0 Å². The van der Waals surface area contributed by atoms with E-state index in [4.69, 9.17) is 4.98 Å². The number of anilines is 2. The summed E-state index contributed by atoms with van der Waals surface area (Å²) in [6.07, 6.45) is 3.83. The molecule has 0 saturated carbocycles. The van der Waals surface area contributed by atoms with E-state index in [1.54, 1.807) is 6.07 Å². The Hall–Kier alpha value is -3.14. The van der Waals surface area contributed by atoms with Crippen LogP contribution in [-0.2, 0) is 25.8 Å². The first-order chi connectivity index (χ1) is 14.6. The highest BCUT2D eigenvalue weighted by Crippen LogP contribution is 2.31. The molecular formula is C26H26FN3. The molecule has 2 heterocycles. The van der Waals surface area contributed by atoms with E-state index in [0.29, 0.717) is 12.1 Å². The fraction of sp³-hybridized carbons (Fsp3) is 0.269. The minimum absolute atomic E-state index is 0.197. The second kappa shape index (κ2) is 7.60. The van der Waals surface area contributed by atoms with Gasteiger partial charge in [-0.3, -0.25) is 0 Å². The van der Waals surface area contributed by atoms with E-state index in [1.165, 1.54) is 22.4 Å². The van der Waals surface area contributed by atoms with Crippen LogP contribution in [0.25, 0.3) is 11.0 Å². The number of fused-ring (bicyclic) bond motifs is 3. The molecule has 1 N–H and O–H groups in total.